The molecule has 274 valence electrons. The molecule has 2 aromatic heterocycles. The highest BCUT2D eigenvalue weighted by atomic mass is 16.6. The number of hydrogen-bond acceptors (Lipinski definition) is 10. The minimum absolute atomic E-state index is 0.0674. The van der Waals surface area contributed by atoms with Gasteiger partial charge >= 0.3 is 12.1 Å². The lowest BCUT2D eigenvalue weighted by atomic mass is 9.95. The third kappa shape index (κ3) is 8.80. The Morgan fingerprint density at radius 3 is 2.63 bits per heavy atom. The number of nitrogen functional groups attached to an aromatic ring is 1. The van der Waals surface area contributed by atoms with E-state index in [2.05, 4.69) is 22.4 Å². The van der Waals surface area contributed by atoms with Crippen LogP contribution in [-0.2, 0) is 43.3 Å². The molecule has 1 unspecified atom stereocenters. The number of carbonyl (C=O) groups is 2. The Bertz CT molecular complexity index is 2030. The van der Waals surface area contributed by atoms with Gasteiger partial charge in [0.15, 0.2) is 6.23 Å². The van der Waals surface area contributed by atoms with Crippen molar-refractivity contribution in [2.24, 2.45) is 0 Å². The van der Waals surface area contributed by atoms with Crippen LogP contribution in [-0.4, -0.2) is 59.4 Å². The summed E-state index contributed by atoms with van der Waals surface area (Å²) in [5.74, 6) is 0.670. The summed E-state index contributed by atoms with van der Waals surface area (Å²) in [6, 6.07) is 19.5. The lowest BCUT2D eigenvalue weighted by molar-refractivity contribution is -0.143. The van der Waals surface area contributed by atoms with Crippen molar-refractivity contribution in [2.75, 3.05) is 32.7 Å². The number of nitrogens with two attached hydrogens (primary N) is 1. The van der Waals surface area contributed by atoms with Crippen LogP contribution in [0.15, 0.2) is 66.9 Å². The lowest BCUT2D eigenvalue weighted by Crippen LogP contribution is -2.32. The van der Waals surface area contributed by atoms with Gasteiger partial charge in [0, 0.05) is 55.8 Å². The molecule has 3 N–H and O–H groups in total. The van der Waals surface area contributed by atoms with Gasteiger partial charge in [-0.15, -0.1) is 0 Å². The van der Waals surface area contributed by atoms with Gasteiger partial charge in [-0.25, -0.2) is 14.5 Å². The van der Waals surface area contributed by atoms with Gasteiger partial charge in [0.25, 0.3) is 0 Å². The fourth-order valence-electron chi connectivity index (χ4n) is 6.44. The van der Waals surface area contributed by atoms with Crippen LogP contribution in [0.4, 0.5) is 10.6 Å². The summed E-state index contributed by atoms with van der Waals surface area (Å²) in [5.41, 5.74) is 10.6. The van der Waals surface area contributed by atoms with E-state index in [0.29, 0.717) is 42.5 Å². The molecule has 1 amide bonds. The van der Waals surface area contributed by atoms with Gasteiger partial charge < -0.3 is 34.7 Å². The van der Waals surface area contributed by atoms with Crippen LogP contribution in [0, 0.1) is 0 Å². The van der Waals surface area contributed by atoms with Crippen LogP contribution in [0.5, 0.6) is 5.75 Å². The fourth-order valence-corrected chi connectivity index (χ4v) is 6.44. The summed E-state index contributed by atoms with van der Waals surface area (Å²) < 4.78 is 30.7. The number of anilines is 1. The first-order chi connectivity index (χ1) is 25.1. The van der Waals surface area contributed by atoms with Gasteiger partial charge in [0.05, 0.1) is 18.5 Å². The maximum atomic E-state index is 12.9. The average molecular weight is 710 g/mol. The zero-order chi connectivity index (χ0) is 36.7. The number of aromatic nitrogens is 3. The molecule has 3 aromatic carbocycles. The molecule has 3 heterocycles. The summed E-state index contributed by atoms with van der Waals surface area (Å²) in [6.07, 6.45) is 4.36. The number of pyridine rings is 1. The smallest absolute Gasteiger partial charge is 0.407 e. The number of carbonyl (C=O) groups excluding carboxylic acids is 2. The second-order valence-electron chi connectivity index (χ2n) is 13.8. The van der Waals surface area contributed by atoms with Gasteiger partial charge in [-0.3, -0.25) is 4.79 Å². The number of methoxy groups -OCH3 is 1. The Kier molecular flexibility index (Phi) is 11.6. The van der Waals surface area contributed by atoms with Crippen LogP contribution in [0.3, 0.4) is 0 Å². The number of nitrogens with one attached hydrogen (secondary N) is 1. The molecule has 52 heavy (non-hydrogen) atoms. The molecule has 1 saturated heterocycles. The highest BCUT2D eigenvalue weighted by molar-refractivity contribution is 6.03. The van der Waals surface area contributed by atoms with Crippen molar-refractivity contribution < 1.29 is 33.3 Å². The number of ether oxygens (including phenoxy) is 5. The summed E-state index contributed by atoms with van der Waals surface area (Å²) in [6.45, 7) is 7.23. The van der Waals surface area contributed by atoms with Gasteiger partial charge in [-0.2, -0.15) is 5.10 Å². The summed E-state index contributed by atoms with van der Waals surface area (Å²) >= 11 is 0. The molecular formula is C40H47N5O7. The number of hydrogen-bond donors (Lipinski definition) is 2. The Morgan fingerprint density at radius 1 is 1.00 bits per heavy atom. The quantitative estimate of drug-likeness (QED) is 0.0945. The summed E-state index contributed by atoms with van der Waals surface area (Å²) in [7, 11) is 1.62. The average Bonchev–Trinajstić information content (AvgIpc) is 3.50. The molecule has 1 aliphatic rings. The van der Waals surface area contributed by atoms with Crippen LogP contribution in [0.2, 0.25) is 0 Å². The normalized spacial score (nSPS) is 14.7. The number of benzene rings is 3. The number of esters is 1. The maximum absolute atomic E-state index is 12.9. The molecule has 5 aromatic rings. The minimum Gasteiger partial charge on any atom is -0.487 e. The molecule has 0 bridgehead atoms. The Labute approximate surface area is 303 Å². The minimum atomic E-state index is -0.655. The van der Waals surface area contributed by atoms with Gasteiger partial charge in [0.1, 0.15) is 29.5 Å². The third-order valence-electron chi connectivity index (χ3n) is 8.78. The van der Waals surface area contributed by atoms with Crippen molar-refractivity contribution >= 4 is 39.6 Å². The molecule has 12 heteroatoms. The number of rotatable bonds is 13. The maximum Gasteiger partial charge on any atom is 0.407 e. The van der Waals surface area contributed by atoms with E-state index in [-0.39, 0.29) is 38.4 Å². The molecule has 1 aliphatic heterocycles. The van der Waals surface area contributed by atoms with Crippen molar-refractivity contribution in [1.29, 1.82) is 0 Å². The first-order valence-corrected chi connectivity index (χ1v) is 17.7. The second kappa shape index (κ2) is 16.4. The standard InChI is InChI=1S/C40H47N5O7/c1-40(2,3)52-39(47)43-24-28-21-27(29-12-9-13-31-30(29)16-17-42-38(31)41)22-32-33(44-45(37(28)32)35-15-7-8-19-49-35)25-51-34-14-6-5-11-26(34)23-36(46)50-20-10-18-48-4/h5-6,9,11-14,16-17,21-22,35H,7-8,10,15,18-20,23-25H2,1-4H3,(H2,41,42)(H,43,47). The van der Waals surface area contributed by atoms with Gasteiger partial charge in [-0.05, 0) is 86.4 Å². The van der Waals surface area contributed by atoms with E-state index < -0.39 is 11.7 Å². The van der Waals surface area contributed by atoms with Crippen LogP contribution in [0.1, 0.15) is 69.5 Å². The van der Waals surface area contributed by atoms with Gasteiger partial charge in [0.2, 0.25) is 0 Å². The van der Waals surface area contributed by atoms with Crippen molar-refractivity contribution in [3.63, 3.8) is 0 Å². The number of fused-ring (bicyclic) bond motifs is 2. The zero-order valence-electron chi connectivity index (χ0n) is 30.3. The van der Waals surface area contributed by atoms with E-state index in [1.165, 1.54) is 0 Å². The van der Waals surface area contributed by atoms with Crippen molar-refractivity contribution in [2.45, 2.75) is 77.9 Å². The highest BCUT2D eigenvalue weighted by Gasteiger charge is 2.26. The monoisotopic (exact) mass is 709 g/mol. The molecular weight excluding hydrogens is 662 g/mol. The Hall–Kier alpha value is -5.20. The summed E-state index contributed by atoms with van der Waals surface area (Å²) in [5, 5.41) is 10.7. The van der Waals surface area contributed by atoms with E-state index in [1.807, 2.05) is 74.0 Å². The molecule has 1 fully saturated rings. The predicted molar refractivity (Wildman–Crippen MR) is 199 cm³/mol. The van der Waals surface area contributed by atoms with Crippen LogP contribution in [0.25, 0.3) is 32.8 Å². The predicted octanol–water partition coefficient (Wildman–Crippen LogP) is 7.26. The molecule has 6 rings (SSSR count). The lowest BCUT2D eigenvalue weighted by Gasteiger charge is -2.24. The van der Waals surface area contributed by atoms with E-state index in [4.69, 9.17) is 34.5 Å². The fraction of sp³-hybridized carbons (Fsp3) is 0.400. The van der Waals surface area contributed by atoms with Crippen molar-refractivity contribution in [3.05, 3.63) is 83.7 Å². The van der Waals surface area contributed by atoms with E-state index in [9.17, 15) is 9.59 Å². The largest absolute Gasteiger partial charge is 0.487 e. The first-order valence-electron chi connectivity index (χ1n) is 17.7. The SMILES string of the molecule is COCCCOC(=O)Cc1ccccc1OCc1nn(C2CCCCO2)c2c(CNC(=O)OC(C)(C)C)cc(-c3cccc4c(N)nccc34)cc12. The molecule has 12 nitrogen and oxygen atoms in total. The van der Waals surface area contributed by atoms with Crippen molar-refractivity contribution in [3.8, 4) is 16.9 Å². The molecule has 0 aliphatic carbocycles. The molecule has 0 radical (unpaired) electrons. The zero-order valence-corrected chi connectivity index (χ0v) is 30.3. The van der Waals surface area contributed by atoms with E-state index in [1.54, 1.807) is 13.3 Å². The molecule has 0 spiro atoms. The Balaban J connectivity index is 1.41. The molecule has 1 atom stereocenters. The van der Waals surface area contributed by atoms with E-state index >= 15 is 0 Å². The van der Waals surface area contributed by atoms with Crippen LogP contribution < -0.4 is 15.8 Å². The molecule has 0 saturated carbocycles. The van der Waals surface area contributed by atoms with E-state index in [0.717, 1.165) is 57.6 Å². The Morgan fingerprint density at radius 2 is 1.85 bits per heavy atom. The van der Waals surface area contributed by atoms with Crippen molar-refractivity contribution in [1.82, 2.24) is 20.1 Å². The van der Waals surface area contributed by atoms with Crippen LogP contribution >= 0.6 is 0 Å². The number of alkyl carbamates (subject to hydrolysis) is 1. The number of nitrogens with zero attached hydrogens (tertiary/aromatic N) is 3. The summed E-state index contributed by atoms with van der Waals surface area (Å²) in [4.78, 5) is 29.9. The topological polar surface area (TPSA) is 149 Å². The second-order valence-corrected chi connectivity index (χ2v) is 13.8. The number of para-hydroxylation sites is 1. The van der Waals surface area contributed by atoms with Gasteiger partial charge in [-0.1, -0.05) is 36.4 Å². The number of amides is 1. The third-order valence-corrected chi connectivity index (χ3v) is 8.78. The highest BCUT2D eigenvalue weighted by Crippen LogP contribution is 2.37. The first kappa shape index (κ1) is 36.6.